The molecule has 2 atom stereocenters. The zero-order valence-electron chi connectivity index (χ0n) is 15.7. The fraction of sp³-hybridized carbons (Fsp3) is 0.556. The maximum absolute atomic E-state index is 12.5. The summed E-state index contributed by atoms with van der Waals surface area (Å²) in [5, 5.41) is 11.7. The van der Waals surface area contributed by atoms with Crippen molar-refractivity contribution in [1.82, 2.24) is 24.9 Å². The summed E-state index contributed by atoms with van der Waals surface area (Å²) >= 11 is 0. The van der Waals surface area contributed by atoms with Gasteiger partial charge >= 0.3 is 0 Å². The molecule has 1 N–H and O–H groups in total. The minimum atomic E-state index is -0.707. The zero-order chi connectivity index (χ0) is 18.8. The second-order valence-electron chi connectivity index (χ2n) is 6.73. The summed E-state index contributed by atoms with van der Waals surface area (Å²) in [7, 11) is 1.86. The number of aromatic nitrogens is 4. The maximum Gasteiger partial charge on any atom is 0.267 e. The summed E-state index contributed by atoms with van der Waals surface area (Å²) in [6, 6.07) is 2.41. The molecule has 1 amide bonds. The molecule has 0 radical (unpaired) electrons. The van der Waals surface area contributed by atoms with Gasteiger partial charge in [0.25, 0.3) is 5.56 Å². The molecule has 2 aromatic rings. The summed E-state index contributed by atoms with van der Waals surface area (Å²) in [5.74, 6) is -0.244. The molecule has 1 aliphatic heterocycles. The summed E-state index contributed by atoms with van der Waals surface area (Å²) < 4.78 is 8.52. The molecule has 26 heavy (non-hydrogen) atoms. The molecule has 2 aromatic heterocycles. The number of rotatable bonds is 5. The van der Waals surface area contributed by atoms with Gasteiger partial charge in [-0.25, -0.2) is 4.68 Å². The first-order valence-electron chi connectivity index (χ1n) is 8.88. The van der Waals surface area contributed by atoms with Gasteiger partial charge in [0.05, 0.1) is 17.5 Å². The Morgan fingerprint density at radius 1 is 1.38 bits per heavy atom. The molecule has 8 nitrogen and oxygen atoms in total. The number of carbonyl (C=O) groups excluding carboxylic acids is 1. The number of hydrogen-bond acceptors (Lipinski definition) is 5. The van der Waals surface area contributed by atoms with E-state index in [1.54, 1.807) is 17.7 Å². The topological polar surface area (TPSA) is 91.0 Å². The van der Waals surface area contributed by atoms with Gasteiger partial charge in [0, 0.05) is 37.5 Å². The van der Waals surface area contributed by atoms with Crippen molar-refractivity contribution in [2.45, 2.75) is 45.8 Å². The molecule has 0 spiro atoms. The average molecular weight is 359 g/mol. The highest BCUT2D eigenvalue weighted by molar-refractivity contribution is 5.79. The van der Waals surface area contributed by atoms with Crippen molar-refractivity contribution in [2.24, 2.45) is 7.05 Å². The van der Waals surface area contributed by atoms with Gasteiger partial charge in [-0.05, 0) is 39.7 Å². The third kappa shape index (κ3) is 3.55. The Morgan fingerprint density at radius 2 is 2.15 bits per heavy atom. The van der Waals surface area contributed by atoms with Gasteiger partial charge in [0.1, 0.15) is 6.04 Å². The van der Waals surface area contributed by atoms with E-state index in [1.807, 2.05) is 20.9 Å². The minimum Gasteiger partial charge on any atom is -0.376 e. The molecular weight excluding hydrogens is 334 g/mol. The van der Waals surface area contributed by atoms with E-state index in [1.165, 1.54) is 10.7 Å². The van der Waals surface area contributed by atoms with Gasteiger partial charge in [0.2, 0.25) is 5.91 Å². The minimum absolute atomic E-state index is 0.0582. The molecule has 1 aliphatic rings. The monoisotopic (exact) mass is 359 g/mol. The van der Waals surface area contributed by atoms with Gasteiger partial charge in [-0.3, -0.25) is 14.3 Å². The number of nitrogens with zero attached hydrogens (tertiary/aromatic N) is 4. The lowest BCUT2D eigenvalue weighted by molar-refractivity contribution is -0.124. The highest BCUT2D eigenvalue weighted by Crippen LogP contribution is 2.24. The van der Waals surface area contributed by atoms with Crippen molar-refractivity contribution in [1.29, 1.82) is 0 Å². The van der Waals surface area contributed by atoms with Gasteiger partial charge < -0.3 is 10.1 Å². The first-order chi connectivity index (χ1) is 12.4. The second-order valence-corrected chi connectivity index (χ2v) is 6.73. The first kappa shape index (κ1) is 18.3. The average Bonchev–Trinajstić information content (AvgIpc) is 3.21. The van der Waals surface area contributed by atoms with E-state index in [0.717, 1.165) is 36.4 Å². The van der Waals surface area contributed by atoms with E-state index in [0.29, 0.717) is 12.2 Å². The molecular formula is C18H25N5O3. The molecule has 0 aliphatic carbocycles. The predicted octanol–water partition coefficient (Wildman–Crippen LogP) is 1.12. The van der Waals surface area contributed by atoms with Crippen molar-refractivity contribution in [2.75, 3.05) is 13.2 Å². The van der Waals surface area contributed by atoms with Crippen LogP contribution in [0.1, 0.15) is 37.2 Å². The van der Waals surface area contributed by atoms with Crippen LogP contribution < -0.4 is 10.9 Å². The van der Waals surface area contributed by atoms with Crippen LogP contribution in [0.4, 0.5) is 0 Å². The normalized spacial score (nSPS) is 18.1. The second kappa shape index (κ2) is 7.41. The number of carbonyl (C=O) groups is 1. The fourth-order valence-corrected chi connectivity index (χ4v) is 3.26. The van der Waals surface area contributed by atoms with Crippen molar-refractivity contribution >= 4 is 5.91 Å². The smallest absolute Gasteiger partial charge is 0.267 e. The Kier molecular flexibility index (Phi) is 5.22. The van der Waals surface area contributed by atoms with Crippen LogP contribution in [0.3, 0.4) is 0 Å². The third-order valence-electron chi connectivity index (χ3n) is 4.86. The maximum atomic E-state index is 12.5. The standard InChI is InChI=1S/C18H25N5O3/c1-11-17(12(2)22(4)20-11)15-7-8-16(24)23(21-15)13(3)18(25)19-10-14-6-5-9-26-14/h7-8,13-14H,5-6,9-10H2,1-4H3,(H,19,25)/t13-,14+/m0/s1. The van der Waals surface area contributed by atoms with E-state index in [2.05, 4.69) is 15.5 Å². The lowest BCUT2D eigenvalue weighted by Gasteiger charge is -2.16. The quantitative estimate of drug-likeness (QED) is 0.864. The van der Waals surface area contributed by atoms with Crippen molar-refractivity contribution in [3.8, 4) is 11.3 Å². The van der Waals surface area contributed by atoms with E-state index >= 15 is 0 Å². The van der Waals surface area contributed by atoms with Crippen LogP contribution in [0.25, 0.3) is 11.3 Å². The van der Waals surface area contributed by atoms with E-state index < -0.39 is 6.04 Å². The number of nitrogens with one attached hydrogen (secondary N) is 1. The molecule has 1 saturated heterocycles. The van der Waals surface area contributed by atoms with Crippen LogP contribution >= 0.6 is 0 Å². The third-order valence-corrected chi connectivity index (χ3v) is 4.86. The highest BCUT2D eigenvalue weighted by atomic mass is 16.5. The summed E-state index contributed by atoms with van der Waals surface area (Å²) in [5.41, 5.74) is 2.99. The Balaban J connectivity index is 1.82. The van der Waals surface area contributed by atoms with E-state index in [4.69, 9.17) is 4.74 Å². The Morgan fingerprint density at radius 3 is 2.77 bits per heavy atom. The van der Waals surface area contributed by atoms with Crippen LogP contribution in [-0.4, -0.2) is 44.7 Å². The predicted molar refractivity (Wildman–Crippen MR) is 96.9 cm³/mol. The summed E-state index contributed by atoms with van der Waals surface area (Å²) in [4.78, 5) is 24.7. The number of hydrogen-bond donors (Lipinski definition) is 1. The molecule has 8 heteroatoms. The van der Waals surface area contributed by atoms with Gasteiger partial charge in [-0.1, -0.05) is 0 Å². The lowest BCUT2D eigenvalue weighted by Crippen LogP contribution is -2.39. The number of amides is 1. The van der Waals surface area contributed by atoms with Crippen LogP contribution in [0.15, 0.2) is 16.9 Å². The lowest BCUT2D eigenvalue weighted by atomic mass is 10.1. The highest BCUT2D eigenvalue weighted by Gasteiger charge is 2.22. The summed E-state index contributed by atoms with van der Waals surface area (Å²) in [6.45, 7) is 6.72. The van der Waals surface area contributed by atoms with Crippen LogP contribution in [-0.2, 0) is 16.6 Å². The summed E-state index contributed by atoms with van der Waals surface area (Å²) in [6.07, 6.45) is 2.02. The molecule has 3 heterocycles. The first-order valence-corrected chi connectivity index (χ1v) is 8.88. The Bertz CT molecular complexity index is 864. The zero-order valence-corrected chi connectivity index (χ0v) is 15.7. The molecule has 0 aromatic carbocycles. The molecule has 140 valence electrons. The number of ether oxygens (including phenoxy) is 1. The van der Waals surface area contributed by atoms with Crippen molar-refractivity contribution < 1.29 is 9.53 Å². The largest absolute Gasteiger partial charge is 0.376 e. The molecule has 0 bridgehead atoms. The van der Waals surface area contributed by atoms with Crippen molar-refractivity contribution in [3.05, 3.63) is 33.9 Å². The van der Waals surface area contributed by atoms with Gasteiger partial charge in [-0.15, -0.1) is 0 Å². The fourth-order valence-electron chi connectivity index (χ4n) is 3.26. The Labute approximate surface area is 152 Å². The Hall–Kier alpha value is -2.48. The van der Waals surface area contributed by atoms with E-state index in [9.17, 15) is 9.59 Å². The van der Waals surface area contributed by atoms with Crippen LogP contribution in [0.2, 0.25) is 0 Å². The van der Waals surface area contributed by atoms with Gasteiger partial charge in [-0.2, -0.15) is 10.2 Å². The number of aryl methyl sites for hydroxylation is 2. The molecule has 0 unspecified atom stereocenters. The molecule has 1 fully saturated rings. The molecule has 3 rings (SSSR count). The SMILES string of the molecule is Cc1nn(C)c(C)c1-c1ccc(=O)n([C@@H](C)C(=O)NC[C@H]2CCCO2)n1. The molecule has 0 saturated carbocycles. The van der Waals surface area contributed by atoms with Gasteiger partial charge in [0.15, 0.2) is 0 Å². The van der Waals surface area contributed by atoms with Crippen LogP contribution in [0.5, 0.6) is 0 Å². The van der Waals surface area contributed by atoms with E-state index in [-0.39, 0.29) is 17.6 Å². The van der Waals surface area contributed by atoms with Crippen molar-refractivity contribution in [3.63, 3.8) is 0 Å². The van der Waals surface area contributed by atoms with Crippen LogP contribution in [0, 0.1) is 13.8 Å².